The molecule has 0 spiro atoms. The van der Waals surface area contributed by atoms with E-state index in [4.69, 9.17) is 0 Å². The summed E-state index contributed by atoms with van der Waals surface area (Å²) < 4.78 is 38.6. The van der Waals surface area contributed by atoms with Crippen molar-refractivity contribution in [2.24, 2.45) is 0 Å². The average molecular weight is 330 g/mol. The summed E-state index contributed by atoms with van der Waals surface area (Å²) in [6.07, 6.45) is -2.04. The van der Waals surface area contributed by atoms with Crippen molar-refractivity contribution in [2.75, 3.05) is 0 Å². The van der Waals surface area contributed by atoms with Gasteiger partial charge in [0.25, 0.3) is 0 Å². The van der Waals surface area contributed by atoms with Crippen LogP contribution in [0.5, 0.6) is 0 Å². The van der Waals surface area contributed by atoms with E-state index < -0.39 is 30.2 Å². The number of rotatable bonds is 1. The monoisotopic (exact) mass is 332 g/mol. The van der Waals surface area contributed by atoms with Gasteiger partial charge in [0.05, 0.1) is 0 Å². The van der Waals surface area contributed by atoms with Crippen LogP contribution in [0.25, 0.3) is 0 Å². The number of benzene rings is 1. The molecule has 0 N–H and O–H groups in total. The van der Waals surface area contributed by atoms with Crippen LogP contribution in [0.2, 0.25) is 8.94 Å². The van der Waals surface area contributed by atoms with Crippen LogP contribution in [0, 0.1) is 0 Å². The van der Waals surface area contributed by atoms with Gasteiger partial charge in [-0.2, -0.15) is 0 Å². The molecule has 1 aliphatic heterocycles. The zero-order valence-electron chi connectivity index (χ0n) is 8.22. The first-order valence-electron chi connectivity index (χ1n) is 4.96. The van der Waals surface area contributed by atoms with Crippen LogP contribution in [0.3, 0.4) is 0 Å². The Morgan fingerprint density at radius 1 is 1.20 bits per heavy atom. The van der Waals surface area contributed by atoms with Gasteiger partial charge in [0.2, 0.25) is 0 Å². The third-order valence-corrected chi connectivity index (χ3v) is 10.3. The summed E-state index contributed by atoms with van der Waals surface area (Å²) in [7, 11) is 0. The van der Waals surface area contributed by atoms with Gasteiger partial charge >= 0.3 is 94.1 Å². The van der Waals surface area contributed by atoms with Crippen molar-refractivity contribution in [3.63, 3.8) is 0 Å². The Morgan fingerprint density at radius 3 is 2.67 bits per heavy atom. The van der Waals surface area contributed by atoms with Crippen LogP contribution in [0.4, 0.5) is 13.2 Å². The van der Waals surface area contributed by atoms with E-state index in [1.807, 2.05) is 24.3 Å². The Bertz CT molecular complexity index is 346. The van der Waals surface area contributed by atoms with Crippen LogP contribution >= 0.6 is 0 Å². The normalized spacial score (nSPS) is 23.5. The van der Waals surface area contributed by atoms with E-state index in [0.717, 1.165) is 20.9 Å². The zero-order chi connectivity index (χ0) is 10.9. The van der Waals surface area contributed by atoms with Gasteiger partial charge in [-0.3, -0.25) is 0 Å². The number of hydrogen-bond acceptors (Lipinski definition) is 0. The Kier molecular flexibility index (Phi) is 3.27. The van der Waals surface area contributed by atoms with E-state index >= 15 is 0 Å². The first-order valence-corrected chi connectivity index (χ1v) is 9.84. The summed E-state index contributed by atoms with van der Waals surface area (Å²) in [5.74, 6) is 0. The molecule has 1 atom stereocenters. The first kappa shape index (κ1) is 11.3. The molecule has 1 heterocycles. The molecule has 0 aromatic heterocycles. The third-order valence-electron chi connectivity index (χ3n) is 2.58. The Hall–Kier alpha value is -0.200. The van der Waals surface area contributed by atoms with Gasteiger partial charge in [0, 0.05) is 0 Å². The molecule has 0 bridgehead atoms. The van der Waals surface area contributed by atoms with Gasteiger partial charge in [-0.15, -0.1) is 0 Å². The van der Waals surface area contributed by atoms with E-state index in [2.05, 4.69) is 0 Å². The van der Waals surface area contributed by atoms with Gasteiger partial charge in [0.15, 0.2) is 0 Å². The molecule has 1 unspecified atom stereocenters. The second-order valence-electron chi connectivity index (χ2n) is 3.77. The predicted octanol–water partition coefficient (Wildman–Crippen LogP) is 2.63. The van der Waals surface area contributed by atoms with Crippen molar-refractivity contribution in [3.8, 4) is 0 Å². The first-order chi connectivity index (χ1) is 7.06. The number of hydrogen-bond donors (Lipinski definition) is 0. The summed E-state index contributed by atoms with van der Waals surface area (Å²) in [5, 5.41) is 0. The molecule has 0 radical (unpaired) electrons. The minimum absolute atomic E-state index is 0.493. The van der Waals surface area contributed by atoms with Crippen molar-refractivity contribution in [2.45, 2.75) is 28.0 Å². The summed E-state index contributed by atoms with van der Waals surface area (Å²) in [6, 6.07) is 7.71. The van der Waals surface area contributed by atoms with Crippen LogP contribution in [-0.2, 0) is 6.42 Å². The van der Waals surface area contributed by atoms with Gasteiger partial charge in [0.1, 0.15) is 0 Å². The molecule has 2 rings (SSSR count). The Balaban J connectivity index is 2.22. The molecule has 0 saturated carbocycles. The number of alkyl halides is 3. The quantitative estimate of drug-likeness (QED) is 0.695. The molecule has 0 fully saturated rings. The van der Waals surface area contributed by atoms with Crippen molar-refractivity contribution in [1.82, 2.24) is 0 Å². The van der Waals surface area contributed by atoms with Crippen molar-refractivity contribution >= 4 is 23.2 Å². The summed E-state index contributed by atoms with van der Waals surface area (Å²) in [5.41, 5.74) is 1.18. The van der Waals surface area contributed by atoms with Crippen molar-refractivity contribution in [3.05, 3.63) is 29.8 Å². The molecule has 0 amide bonds. The third kappa shape index (κ3) is 2.89. The van der Waals surface area contributed by atoms with E-state index in [-0.39, 0.29) is 0 Å². The van der Waals surface area contributed by atoms with Crippen LogP contribution in [0.1, 0.15) is 12.0 Å². The van der Waals surface area contributed by atoms with Gasteiger partial charge in [-0.05, 0) is 0 Å². The summed E-state index contributed by atoms with van der Waals surface area (Å²) >= 11 is -2.24. The van der Waals surface area contributed by atoms with E-state index in [1.165, 1.54) is 5.56 Å². The maximum absolute atomic E-state index is 12.4. The van der Waals surface area contributed by atoms with Crippen LogP contribution < -0.4 is 3.61 Å². The molecule has 1 aliphatic rings. The van der Waals surface area contributed by atoms with Crippen molar-refractivity contribution in [1.29, 1.82) is 0 Å². The molecule has 4 heteroatoms. The SMILES string of the molecule is FC(F)(F)C[TeH]1CCCc2ccccc21. The fraction of sp³-hybridized carbons (Fsp3) is 0.455. The molecule has 1 aromatic carbocycles. The van der Waals surface area contributed by atoms with Gasteiger partial charge in [-0.25, -0.2) is 0 Å². The van der Waals surface area contributed by atoms with Crippen molar-refractivity contribution < 1.29 is 13.2 Å². The minimum atomic E-state index is -3.97. The second-order valence-corrected chi connectivity index (χ2v) is 10.4. The molecule has 15 heavy (non-hydrogen) atoms. The molecule has 0 nitrogen and oxygen atoms in total. The maximum atomic E-state index is 12.4. The molecular formula is C11H13F3Te. The van der Waals surface area contributed by atoms with Gasteiger partial charge in [-0.1, -0.05) is 0 Å². The number of fused-ring (bicyclic) bond motifs is 1. The fourth-order valence-corrected chi connectivity index (χ4v) is 8.93. The summed E-state index contributed by atoms with van der Waals surface area (Å²) in [6.45, 7) is 0. The molecule has 0 aliphatic carbocycles. The van der Waals surface area contributed by atoms with E-state index in [1.54, 1.807) is 0 Å². The van der Waals surface area contributed by atoms with E-state index in [0.29, 0.717) is 0 Å². The van der Waals surface area contributed by atoms with Gasteiger partial charge < -0.3 is 0 Å². The molecule has 84 valence electrons. The van der Waals surface area contributed by atoms with Crippen LogP contribution in [0.15, 0.2) is 24.3 Å². The summed E-state index contributed by atoms with van der Waals surface area (Å²) in [4.78, 5) is 0. The Morgan fingerprint density at radius 2 is 1.93 bits per heavy atom. The standard InChI is InChI=1S/C11H13F3Te/c12-11(13,14)8-15-7-3-5-9-4-1-2-6-10(9)15/h1-2,4,6,15H,3,5,7-8H2. The zero-order valence-corrected chi connectivity index (χ0v) is 10.8. The fourth-order valence-electron chi connectivity index (χ4n) is 1.99. The second kappa shape index (κ2) is 4.35. The average Bonchev–Trinajstić information content (AvgIpc) is 2.16. The molecule has 0 saturated heterocycles. The predicted molar refractivity (Wildman–Crippen MR) is 57.2 cm³/mol. The van der Waals surface area contributed by atoms with Crippen LogP contribution in [-0.4, -0.2) is 25.7 Å². The molecule has 1 aromatic rings. The Labute approximate surface area is 94.1 Å². The number of aryl methyl sites for hydroxylation is 1. The molecular weight excluding hydrogens is 317 g/mol. The topological polar surface area (TPSA) is 0 Å². The number of halogens is 3. The van der Waals surface area contributed by atoms with E-state index in [9.17, 15) is 13.2 Å².